The third-order valence-electron chi connectivity index (χ3n) is 3.81. The van der Waals surface area contributed by atoms with Gasteiger partial charge in [-0.2, -0.15) is 5.26 Å². The number of ether oxygens (including phenoxy) is 3. The number of nitrogens with zero attached hydrogens (tertiary/aromatic N) is 1. The number of hydrogen-bond acceptors (Lipinski definition) is 4. The van der Waals surface area contributed by atoms with Crippen LogP contribution in [0.1, 0.15) is 22.3 Å². The van der Waals surface area contributed by atoms with Crippen LogP contribution < -0.4 is 14.2 Å². The molecule has 4 nitrogen and oxygen atoms in total. The van der Waals surface area contributed by atoms with Crippen molar-refractivity contribution in [3.8, 4) is 23.3 Å². The fraction of sp³-hybridized carbons (Fsp3) is 0.316. The molecule has 0 saturated heterocycles. The Morgan fingerprint density at radius 2 is 1.62 bits per heavy atom. The number of methoxy groups -OCH3 is 1. The molecule has 24 heavy (non-hydrogen) atoms. The summed E-state index contributed by atoms with van der Waals surface area (Å²) >= 11 is 3.35. The fourth-order valence-electron chi connectivity index (χ4n) is 2.39. The Morgan fingerprint density at radius 1 is 1.00 bits per heavy atom. The summed E-state index contributed by atoms with van der Waals surface area (Å²) in [5.41, 5.74) is 3.84. The summed E-state index contributed by atoms with van der Waals surface area (Å²) in [5, 5.41) is 9.26. The first-order chi connectivity index (χ1) is 11.5. The first-order valence-electron chi connectivity index (χ1n) is 7.58. The quantitative estimate of drug-likeness (QED) is 0.671. The number of nitriles is 1. The van der Waals surface area contributed by atoms with Gasteiger partial charge < -0.3 is 14.2 Å². The lowest BCUT2D eigenvalue weighted by molar-refractivity contribution is 0.209. The molecule has 2 rings (SSSR count). The van der Waals surface area contributed by atoms with Gasteiger partial charge in [-0.25, -0.2) is 0 Å². The summed E-state index contributed by atoms with van der Waals surface area (Å²) in [6.45, 7) is 6.83. The molecule has 0 atom stereocenters. The zero-order valence-corrected chi connectivity index (χ0v) is 15.9. The van der Waals surface area contributed by atoms with E-state index in [-0.39, 0.29) is 0 Å². The monoisotopic (exact) mass is 389 g/mol. The second kappa shape index (κ2) is 8.07. The molecule has 0 amide bonds. The maximum Gasteiger partial charge on any atom is 0.179 e. The molecule has 5 heteroatoms. The van der Waals surface area contributed by atoms with Gasteiger partial charge in [0.25, 0.3) is 0 Å². The summed E-state index contributed by atoms with van der Waals surface area (Å²) in [6.07, 6.45) is 0. The van der Waals surface area contributed by atoms with E-state index in [9.17, 15) is 5.26 Å². The van der Waals surface area contributed by atoms with E-state index in [1.165, 1.54) is 5.56 Å². The van der Waals surface area contributed by atoms with Crippen LogP contribution in [0.25, 0.3) is 0 Å². The van der Waals surface area contributed by atoms with Gasteiger partial charge in [0.15, 0.2) is 11.5 Å². The molecule has 0 aliphatic rings. The van der Waals surface area contributed by atoms with E-state index in [0.717, 1.165) is 21.3 Å². The van der Waals surface area contributed by atoms with Gasteiger partial charge in [-0.1, -0.05) is 28.1 Å². The second-order valence-electron chi connectivity index (χ2n) is 5.45. The molecule has 126 valence electrons. The summed E-state index contributed by atoms with van der Waals surface area (Å²) in [4.78, 5) is 0. The molecular formula is C19H20BrNO3. The van der Waals surface area contributed by atoms with E-state index in [4.69, 9.17) is 14.2 Å². The molecule has 0 aromatic heterocycles. The van der Waals surface area contributed by atoms with Crippen LogP contribution in [-0.4, -0.2) is 20.3 Å². The normalized spacial score (nSPS) is 10.2. The first kappa shape index (κ1) is 18.2. The minimum absolute atomic E-state index is 0.319. The van der Waals surface area contributed by atoms with Crippen molar-refractivity contribution in [3.63, 3.8) is 0 Å². The number of aryl methyl sites for hydroxylation is 2. The molecule has 2 aromatic rings. The second-order valence-corrected chi connectivity index (χ2v) is 6.36. The van der Waals surface area contributed by atoms with Crippen molar-refractivity contribution in [2.24, 2.45) is 0 Å². The van der Waals surface area contributed by atoms with Gasteiger partial charge in [-0.15, -0.1) is 0 Å². The number of benzene rings is 2. The molecule has 0 aliphatic heterocycles. The molecule has 0 bridgehead atoms. The SMILES string of the molecule is COc1cc(Br)cc(C#N)c1OCCOc1c(C)ccc(C)c1C. The molecule has 2 aromatic carbocycles. The first-order valence-corrected chi connectivity index (χ1v) is 8.37. The van der Waals surface area contributed by atoms with E-state index in [1.54, 1.807) is 19.2 Å². The smallest absolute Gasteiger partial charge is 0.179 e. The Morgan fingerprint density at radius 3 is 2.25 bits per heavy atom. The third-order valence-corrected chi connectivity index (χ3v) is 4.27. The van der Waals surface area contributed by atoms with Crippen molar-refractivity contribution in [2.45, 2.75) is 20.8 Å². The Labute approximate surface area is 151 Å². The number of rotatable bonds is 6. The minimum atomic E-state index is 0.319. The zero-order valence-electron chi connectivity index (χ0n) is 14.3. The molecule has 0 fully saturated rings. The lowest BCUT2D eigenvalue weighted by Gasteiger charge is -2.16. The molecule has 0 heterocycles. The highest BCUT2D eigenvalue weighted by atomic mass is 79.9. The molecule has 0 N–H and O–H groups in total. The highest BCUT2D eigenvalue weighted by Gasteiger charge is 2.13. The summed E-state index contributed by atoms with van der Waals surface area (Å²) in [5.74, 6) is 1.84. The van der Waals surface area contributed by atoms with Crippen LogP contribution in [0.5, 0.6) is 17.2 Å². The minimum Gasteiger partial charge on any atom is -0.493 e. The van der Waals surface area contributed by atoms with Crippen molar-refractivity contribution in [1.82, 2.24) is 0 Å². The average Bonchev–Trinajstić information content (AvgIpc) is 2.57. The van der Waals surface area contributed by atoms with Crippen LogP contribution in [0.3, 0.4) is 0 Å². The number of halogens is 1. The summed E-state index contributed by atoms with van der Waals surface area (Å²) in [6, 6.07) is 9.72. The highest BCUT2D eigenvalue weighted by Crippen LogP contribution is 2.34. The van der Waals surface area contributed by atoms with E-state index in [2.05, 4.69) is 35.0 Å². The van der Waals surface area contributed by atoms with Crippen LogP contribution in [-0.2, 0) is 0 Å². The van der Waals surface area contributed by atoms with Gasteiger partial charge in [0.1, 0.15) is 25.0 Å². The van der Waals surface area contributed by atoms with Gasteiger partial charge in [-0.05, 0) is 49.6 Å². The van der Waals surface area contributed by atoms with Crippen LogP contribution in [0.15, 0.2) is 28.7 Å². The summed E-state index contributed by atoms with van der Waals surface area (Å²) in [7, 11) is 1.55. The van der Waals surface area contributed by atoms with Crippen LogP contribution in [0.2, 0.25) is 0 Å². The van der Waals surface area contributed by atoms with E-state index < -0.39 is 0 Å². The summed E-state index contributed by atoms with van der Waals surface area (Å²) < 4.78 is 17.7. The molecule has 0 unspecified atom stereocenters. The average molecular weight is 390 g/mol. The lowest BCUT2D eigenvalue weighted by atomic mass is 10.1. The van der Waals surface area contributed by atoms with E-state index in [1.807, 2.05) is 19.9 Å². The maximum absolute atomic E-state index is 9.26. The molecular weight excluding hydrogens is 370 g/mol. The molecule has 0 saturated carbocycles. The molecule has 0 spiro atoms. The Bertz CT molecular complexity index is 781. The Balaban J connectivity index is 2.06. The predicted octanol–water partition coefficient (Wildman–Crippen LogP) is 4.71. The van der Waals surface area contributed by atoms with Crippen molar-refractivity contribution >= 4 is 15.9 Å². The molecule has 0 aliphatic carbocycles. The highest BCUT2D eigenvalue weighted by molar-refractivity contribution is 9.10. The topological polar surface area (TPSA) is 51.5 Å². The van der Waals surface area contributed by atoms with Crippen molar-refractivity contribution < 1.29 is 14.2 Å². The van der Waals surface area contributed by atoms with Gasteiger partial charge in [0.2, 0.25) is 0 Å². The van der Waals surface area contributed by atoms with Crippen molar-refractivity contribution in [3.05, 3.63) is 51.0 Å². The Kier molecular flexibility index (Phi) is 6.10. The van der Waals surface area contributed by atoms with Gasteiger partial charge >= 0.3 is 0 Å². The standard InChI is InChI=1S/C19H20BrNO3/c1-12-5-6-13(2)18(14(12)3)23-7-8-24-19-15(11-21)9-16(20)10-17(19)22-4/h5-6,9-10H,7-8H2,1-4H3. The van der Waals surface area contributed by atoms with Crippen LogP contribution >= 0.6 is 15.9 Å². The van der Waals surface area contributed by atoms with Gasteiger partial charge in [0.05, 0.1) is 12.7 Å². The Hall–Kier alpha value is -2.19. The van der Waals surface area contributed by atoms with Gasteiger partial charge in [0, 0.05) is 4.47 Å². The zero-order chi connectivity index (χ0) is 17.7. The lowest BCUT2D eigenvalue weighted by Crippen LogP contribution is -2.11. The van der Waals surface area contributed by atoms with Gasteiger partial charge in [-0.3, -0.25) is 0 Å². The molecule has 0 radical (unpaired) electrons. The van der Waals surface area contributed by atoms with Crippen LogP contribution in [0, 0.1) is 32.1 Å². The largest absolute Gasteiger partial charge is 0.493 e. The maximum atomic E-state index is 9.26. The van der Waals surface area contributed by atoms with Crippen LogP contribution in [0.4, 0.5) is 0 Å². The van der Waals surface area contributed by atoms with Crippen molar-refractivity contribution in [1.29, 1.82) is 5.26 Å². The predicted molar refractivity (Wildman–Crippen MR) is 97.1 cm³/mol. The van der Waals surface area contributed by atoms with Crippen molar-refractivity contribution in [2.75, 3.05) is 20.3 Å². The van der Waals surface area contributed by atoms with E-state index >= 15 is 0 Å². The third kappa shape index (κ3) is 4.01. The number of hydrogen-bond donors (Lipinski definition) is 0. The fourth-order valence-corrected chi connectivity index (χ4v) is 2.82. The van der Waals surface area contributed by atoms with E-state index in [0.29, 0.717) is 30.3 Å².